The zero-order valence-electron chi connectivity index (χ0n) is 18.5. The second kappa shape index (κ2) is 10.1. The topological polar surface area (TPSA) is 56.7 Å². The van der Waals surface area contributed by atoms with Crippen molar-refractivity contribution in [3.05, 3.63) is 35.7 Å². The summed E-state index contributed by atoms with van der Waals surface area (Å²) in [5, 5.41) is 2.21. The molecule has 2 heterocycles. The SMILES string of the molecule is CCCCCCCCCCCCn1c2cc3c(cc2c2c(N)ncnc21)C=CCC3. The lowest BCUT2D eigenvalue weighted by molar-refractivity contribution is 0.541. The van der Waals surface area contributed by atoms with Crippen LogP contribution in [0.25, 0.3) is 28.0 Å². The average Bonchev–Trinajstić information content (AvgIpc) is 3.07. The van der Waals surface area contributed by atoms with Crippen LogP contribution in [0.4, 0.5) is 5.82 Å². The summed E-state index contributed by atoms with van der Waals surface area (Å²) in [6.07, 6.45) is 21.9. The highest BCUT2D eigenvalue weighted by Crippen LogP contribution is 2.34. The minimum atomic E-state index is 0.589. The van der Waals surface area contributed by atoms with Crippen LogP contribution < -0.4 is 5.73 Å². The average molecular weight is 405 g/mol. The molecule has 4 rings (SSSR count). The lowest BCUT2D eigenvalue weighted by Crippen LogP contribution is -2.01. The minimum absolute atomic E-state index is 0.589. The normalized spacial score (nSPS) is 13.4. The molecular weight excluding hydrogens is 368 g/mol. The molecule has 0 unspecified atom stereocenters. The molecule has 1 aliphatic carbocycles. The molecule has 1 aromatic carbocycles. The van der Waals surface area contributed by atoms with Crippen LogP contribution in [0.2, 0.25) is 0 Å². The largest absolute Gasteiger partial charge is 0.383 e. The molecule has 1 aliphatic rings. The molecule has 0 amide bonds. The van der Waals surface area contributed by atoms with Crippen LogP contribution in [0.3, 0.4) is 0 Å². The van der Waals surface area contributed by atoms with Crippen LogP contribution >= 0.6 is 0 Å². The van der Waals surface area contributed by atoms with Gasteiger partial charge in [-0.15, -0.1) is 0 Å². The number of nitrogens with zero attached hydrogens (tertiary/aromatic N) is 3. The van der Waals surface area contributed by atoms with E-state index in [1.807, 2.05) is 0 Å². The van der Waals surface area contributed by atoms with Crippen molar-refractivity contribution >= 4 is 33.8 Å². The molecule has 4 heteroatoms. The summed E-state index contributed by atoms with van der Waals surface area (Å²) < 4.78 is 2.38. The number of anilines is 1. The summed E-state index contributed by atoms with van der Waals surface area (Å²) >= 11 is 0. The van der Waals surface area contributed by atoms with E-state index in [1.165, 1.54) is 86.2 Å². The Balaban J connectivity index is 1.43. The van der Waals surface area contributed by atoms with Gasteiger partial charge in [0.15, 0.2) is 0 Å². The smallest absolute Gasteiger partial charge is 0.146 e. The van der Waals surface area contributed by atoms with Crippen LogP contribution in [0.1, 0.15) is 88.7 Å². The van der Waals surface area contributed by atoms with Gasteiger partial charge in [-0.1, -0.05) is 76.9 Å². The van der Waals surface area contributed by atoms with Crippen molar-refractivity contribution in [3.8, 4) is 0 Å². The van der Waals surface area contributed by atoms with Crippen molar-refractivity contribution < 1.29 is 0 Å². The molecule has 0 spiro atoms. The molecule has 0 saturated heterocycles. The fraction of sp³-hybridized carbons (Fsp3) is 0.538. The van der Waals surface area contributed by atoms with Gasteiger partial charge in [0.05, 0.1) is 10.9 Å². The number of fused-ring (bicyclic) bond motifs is 4. The van der Waals surface area contributed by atoms with Crippen molar-refractivity contribution in [3.63, 3.8) is 0 Å². The maximum absolute atomic E-state index is 6.28. The number of benzene rings is 1. The van der Waals surface area contributed by atoms with Crippen LogP contribution in [-0.4, -0.2) is 14.5 Å². The van der Waals surface area contributed by atoms with E-state index in [9.17, 15) is 0 Å². The number of aromatic nitrogens is 3. The summed E-state index contributed by atoms with van der Waals surface area (Å²) in [6, 6.07) is 4.66. The van der Waals surface area contributed by atoms with E-state index in [0.29, 0.717) is 5.82 Å². The second-order valence-corrected chi connectivity index (χ2v) is 8.80. The monoisotopic (exact) mass is 404 g/mol. The van der Waals surface area contributed by atoms with E-state index in [2.05, 4.69) is 45.7 Å². The second-order valence-electron chi connectivity index (χ2n) is 8.80. The Kier molecular flexibility index (Phi) is 7.03. The van der Waals surface area contributed by atoms with E-state index in [4.69, 9.17) is 5.73 Å². The van der Waals surface area contributed by atoms with Crippen molar-refractivity contribution in [1.82, 2.24) is 14.5 Å². The predicted molar refractivity (Wildman–Crippen MR) is 129 cm³/mol. The van der Waals surface area contributed by atoms with E-state index in [-0.39, 0.29) is 0 Å². The highest BCUT2D eigenvalue weighted by atomic mass is 15.1. The summed E-state index contributed by atoms with van der Waals surface area (Å²) in [5.41, 5.74) is 11.3. The van der Waals surface area contributed by atoms with Crippen molar-refractivity contribution in [2.75, 3.05) is 5.73 Å². The quantitative estimate of drug-likeness (QED) is 0.348. The third kappa shape index (κ3) is 4.53. The molecule has 0 saturated carbocycles. The fourth-order valence-electron chi connectivity index (χ4n) is 4.84. The Labute approximate surface area is 180 Å². The van der Waals surface area contributed by atoms with Crippen molar-refractivity contribution in [2.24, 2.45) is 0 Å². The molecule has 0 atom stereocenters. The predicted octanol–water partition coefficient (Wildman–Crippen LogP) is 7.05. The number of aryl methyl sites for hydroxylation is 2. The number of nitrogens with two attached hydrogens (primary N) is 1. The van der Waals surface area contributed by atoms with Gasteiger partial charge in [0.25, 0.3) is 0 Å². The van der Waals surface area contributed by atoms with Gasteiger partial charge in [0, 0.05) is 11.9 Å². The summed E-state index contributed by atoms with van der Waals surface area (Å²) in [4.78, 5) is 8.90. The molecule has 2 aromatic heterocycles. The van der Waals surface area contributed by atoms with Gasteiger partial charge in [-0.05, 0) is 42.5 Å². The first-order valence-electron chi connectivity index (χ1n) is 12.0. The Morgan fingerprint density at radius 1 is 0.933 bits per heavy atom. The minimum Gasteiger partial charge on any atom is -0.383 e. The first kappa shape index (κ1) is 20.9. The van der Waals surface area contributed by atoms with Gasteiger partial charge in [-0.2, -0.15) is 0 Å². The molecule has 0 radical (unpaired) electrons. The standard InChI is InChI=1S/C26H36N4/c1-2-3-4-5-6-7-8-9-10-13-16-30-23-18-21-15-12-11-14-20(21)17-22(23)24-25(27)28-19-29-26(24)30/h11,14,17-19H,2-10,12-13,15-16H2,1H3,(H2,27,28,29). The van der Waals surface area contributed by atoms with Crippen LogP contribution in [0.5, 0.6) is 0 Å². The zero-order chi connectivity index (χ0) is 20.8. The number of unbranched alkanes of at least 4 members (excludes halogenated alkanes) is 9. The maximum Gasteiger partial charge on any atom is 0.146 e. The molecule has 3 aromatic rings. The van der Waals surface area contributed by atoms with E-state index < -0.39 is 0 Å². The van der Waals surface area contributed by atoms with Gasteiger partial charge in [-0.25, -0.2) is 9.97 Å². The number of hydrogen-bond acceptors (Lipinski definition) is 3. The third-order valence-electron chi connectivity index (χ3n) is 6.54. The Morgan fingerprint density at radius 3 is 2.43 bits per heavy atom. The highest BCUT2D eigenvalue weighted by molar-refractivity contribution is 6.12. The van der Waals surface area contributed by atoms with E-state index >= 15 is 0 Å². The molecule has 0 fully saturated rings. The van der Waals surface area contributed by atoms with E-state index in [0.717, 1.165) is 30.4 Å². The number of allylic oxidation sites excluding steroid dienone is 1. The molecule has 30 heavy (non-hydrogen) atoms. The molecule has 4 nitrogen and oxygen atoms in total. The highest BCUT2D eigenvalue weighted by Gasteiger charge is 2.17. The van der Waals surface area contributed by atoms with Crippen LogP contribution in [0.15, 0.2) is 24.5 Å². The first-order valence-corrected chi connectivity index (χ1v) is 12.0. The van der Waals surface area contributed by atoms with Crippen LogP contribution in [0, 0.1) is 0 Å². The summed E-state index contributed by atoms with van der Waals surface area (Å²) in [7, 11) is 0. The third-order valence-corrected chi connectivity index (χ3v) is 6.54. The lowest BCUT2D eigenvalue weighted by atomic mass is 9.95. The van der Waals surface area contributed by atoms with Gasteiger partial charge in [0.1, 0.15) is 17.8 Å². The number of hydrogen-bond donors (Lipinski definition) is 1. The Morgan fingerprint density at radius 2 is 1.67 bits per heavy atom. The van der Waals surface area contributed by atoms with E-state index in [1.54, 1.807) is 6.33 Å². The van der Waals surface area contributed by atoms with Gasteiger partial charge in [-0.3, -0.25) is 0 Å². The first-order chi connectivity index (χ1) is 14.8. The van der Waals surface area contributed by atoms with Crippen molar-refractivity contribution in [2.45, 2.75) is 90.5 Å². The van der Waals surface area contributed by atoms with Gasteiger partial charge in [0.2, 0.25) is 0 Å². The summed E-state index contributed by atoms with van der Waals surface area (Å²) in [6.45, 7) is 3.28. The Bertz CT molecular complexity index is 1010. The molecule has 0 bridgehead atoms. The lowest BCUT2D eigenvalue weighted by Gasteiger charge is -2.12. The fourth-order valence-corrected chi connectivity index (χ4v) is 4.84. The van der Waals surface area contributed by atoms with Crippen LogP contribution in [-0.2, 0) is 13.0 Å². The van der Waals surface area contributed by atoms with Gasteiger partial charge >= 0.3 is 0 Å². The zero-order valence-corrected chi connectivity index (χ0v) is 18.5. The Hall–Kier alpha value is -2.36. The maximum atomic E-state index is 6.28. The van der Waals surface area contributed by atoms with Gasteiger partial charge < -0.3 is 10.3 Å². The molecule has 2 N–H and O–H groups in total. The summed E-state index contributed by atoms with van der Waals surface area (Å²) in [5.74, 6) is 0.589. The number of nitrogen functional groups attached to an aromatic ring is 1. The molecular formula is C26H36N4. The van der Waals surface area contributed by atoms with Crippen molar-refractivity contribution in [1.29, 1.82) is 0 Å². The molecule has 160 valence electrons. The molecule has 0 aliphatic heterocycles. The number of rotatable bonds is 11.